The van der Waals surface area contributed by atoms with Gasteiger partial charge in [-0.15, -0.1) is 0 Å². The van der Waals surface area contributed by atoms with E-state index in [1.54, 1.807) is 6.07 Å². The fourth-order valence-electron chi connectivity index (χ4n) is 2.18. The van der Waals surface area contributed by atoms with Gasteiger partial charge in [-0.2, -0.15) is 0 Å². The minimum atomic E-state index is -3.24. The summed E-state index contributed by atoms with van der Waals surface area (Å²) < 4.78 is 40.9. The molecule has 0 bridgehead atoms. The summed E-state index contributed by atoms with van der Waals surface area (Å²) >= 11 is 0. The molecule has 0 saturated carbocycles. The van der Waals surface area contributed by atoms with Crippen molar-refractivity contribution in [3.8, 4) is 0 Å². The summed E-state index contributed by atoms with van der Waals surface area (Å²) in [4.78, 5) is 24.2. The van der Waals surface area contributed by atoms with Crippen LogP contribution in [0.25, 0.3) is 0 Å². The highest BCUT2D eigenvalue weighted by Crippen LogP contribution is 2.13. The average molecular weight is 379 g/mol. The van der Waals surface area contributed by atoms with E-state index in [9.17, 15) is 22.4 Å². The van der Waals surface area contributed by atoms with Gasteiger partial charge in [0.25, 0.3) is 5.91 Å². The topological polar surface area (TPSA) is 89.5 Å². The summed E-state index contributed by atoms with van der Waals surface area (Å²) in [6.45, 7) is 1.38. The van der Waals surface area contributed by atoms with Crippen molar-refractivity contribution in [2.75, 3.05) is 11.6 Å². The van der Waals surface area contributed by atoms with E-state index in [-0.39, 0.29) is 17.0 Å². The van der Waals surface area contributed by atoms with E-state index in [0.29, 0.717) is 5.56 Å². The molecule has 0 aliphatic heterocycles. The van der Waals surface area contributed by atoms with Crippen molar-refractivity contribution in [1.29, 1.82) is 0 Å². The van der Waals surface area contributed by atoms with Crippen LogP contribution in [0.3, 0.4) is 0 Å². The van der Waals surface area contributed by atoms with E-state index in [4.69, 9.17) is 4.74 Å². The lowest BCUT2D eigenvalue weighted by Gasteiger charge is -2.14. The van der Waals surface area contributed by atoms with Crippen LogP contribution in [0.15, 0.2) is 48.5 Å². The number of carbonyl (C=O) groups excluding carboxylic acids is 2. The van der Waals surface area contributed by atoms with Crippen LogP contribution in [-0.4, -0.2) is 32.7 Å². The smallest absolute Gasteiger partial charge is 0.338 e. The molecular weight excluding hydrogens is 361 g/mol. The van der Waals surface area contributed by atoms with Crippen LogP contribution in [0.1, 0.15) is 22.8 Å². The molecule has 0 spiro atoms. The second-order valence-corrected chi connectivity index (χ2v) is 7.96. The molecule has 0 radical (unpaired) electrons. The van der Waals surface area contributed by atoms with E-state index in [1.165, 1.54) is 43.3 Å². The van der Waals surface area contributed by atoms with E-state index in [2.05, 4.69) is 5.32 Å². The maximum Gasteiger partial charge on any atom is 0.338 e. The number of benzene rings is 2. The SMILES string of the molecule is C[C@H](OC(=O)c1cccc(CS(C)(=O)=O)c1)C(=O)Nc1cccc(F)c1. The van der Waals surface area contributed by atoms with Crippen molar-refractivity contribution < 1.29 is 27.1 Å². The number of halogens is 1. The molecule has 0 aromatic heterocycles. The van der Waals surface area contributed by atoms with E-state index >= 15 is 0 Å². The van der Waals surface area contributed by atoms with Gasteiger partial charge in [-0.05, 0) is 42.8 Å². The monoisotopic (exact) mass is 379 g/mol. The fraction of sp³-hybridized carbons (Fsp3) is 0.222. The molecule has 1 atom stereocenters. The van der Waals surface area contributed by atoms with E-state index < -0.39 is 33.6 Å². The Bertz CT molecular complexity index is 927. The quantitative estimate of drug-likeness (QED) is 0.779. The molecular formula is C18H18FNO5S. The van der Waals surface area contributed by atoms with Crippen molar-refractivity contribution in [2.45, 2.75) is 18.8 Å². The molecule has 0 unspecified atom stereocenters. The van der Waals surface area contributed by atoms with Gasteiger partial charge in [-0.25, -0.2) is 17.6 Å². The van der Waals surface area contributed by atoms with Gasteiger partial charge in [0.05, 0.1) is 11.3 Å². The van der Waals surface area contributed by atoms with Gasteiger partial charge in [0, 0.05) is 11.9 Å². The van der Waals surface area contributed by atoms with Crippen LogP contribution in [0.2, 0.25) is 0 Å². The predicted molar refractivity (Wildman–Crippen MR) is 94.9 cm³/mol. The number of carbonyl (C=O) groups is 2. The van der Waals surface area contributed by atoms with Crippen LogP contribution in [0.5, 0.6) is 0 Å². The third kappa shape index (κ3) is 5.96. The molecule has 6 nitrogen and oxygen atoms in total. The third-order valence-electron chi connectivity index (χ3n) is 3.34. The standard InChI is InChI=1S/C18H18FNO5S/c1-12(17(21)20-16-8-4-7-15(19)10-16)25-18(22)14-6-3-5-13(9-14)11-26(2,23)24/h3-10,12H,11H2,1-2H3,(H,20,21)/t12-/m0/s1. The number of anilines is 1. The highest BCUT2D eigenvalue weighted by molar-refractivity contribution is 7.89. The van der Waals surface area contributed by atoms with Gasteiger partial charge >= 0.3 is 5.97 Å². The number of esters is 1. The number of sulfone groups is 1. The molecule has 0 aliphatic rings. The molecule has 0 fully saturated rings. The molecule has 2 rings (SSSR count). The number of nitrogens with one attached hydrogen (secondary N) is 1. The second-order valence-electron chi connectivity index (χ2n) is 5.82. The zero-order chi connectivity index (χ0) is 19.3. The lowest BCUT2D eigenvalue weighted by atomic mass is 10.1. The van der Waals surface area contributed by atoms with Crippen molar-refractivity contribution in [3.63, 3.8) is 0 Å². The summed E-state index contributed by atoms with van der Waals surface area (Å²) in [5, 5.41) is 2.45. The molecule has 1 N–H and O–H groups in total. The van der Waals surface area contributed by atoms with Crippen molar-refractivity contribution in [3.05, 3.63) is 65.5 Å². The summed E-state index contributed by atoms with van der Waals surface area (Å²) in [5.41, 5.74) is 0.823. The van der Waals surface area contributed by atoms with Gasteiger partial charge in [-0.1, -0.05) is 18.2 Å². The van der Waals surface area contributed by atoms with Crippen LogP contribution in [0.4, 0.5) is 10.1 Å². The van der Waals surface area contributed by atoms with E-state index in [0.717, 1.165) is 12.3 Å². The fourth-order valence-corrected chi connectivity index (χ4v) is 2.97. The van der Waals surface area contributed by atoms with E-state index in [1.807, 2.05) is 0 Å². The Hall–Kier alpha value is -2.74. The average Bonchev–Trinajstić information content (AvgIpc) is 2.53. The first-order valence-electron chi connectivity index (χ1n) is 7.68. The number of amides is 1. The van der Waals surface area contributed by atoms with Crippen molar-refractivity contribution in [1.82, 2.24) is 0 Å². The summed E-state index contributed by atoms with van der Waals surface area (Å²) in [6, 6.07) is 11.3. The maximum atomic E-state index is 13.1. The van der Waals surface area contributed by atoms with Gasteiger partial charge in [0.15, 0.2) is 15.9 Å². The molecule has 2 aromatic carbocycles. The van der Waals surface area contributed by atoms with Crippen molar-refractivity contribution in [2.24, 2.45) is 0 Å². The molecule has 26 heavy (non-hydrogen) atoms. The Morgan fingerprint density at radius 2 is 1.85 bits per heavy atom. The van der Waals surface area contributed by atoms with Gasteiger partial charge < -0.3 is 10.1 Å². The Kier molecular flexibility index (Phi) is 6.10. The van der Waals surface area contributed by atoms with Crippen LogP contribution < -0.4 is 5.32 Å². The normalized spacial score (nSPS) is 12.3. The molecule has 0 saturated heterocycles. The highest BCUT2D eigenvalue weighted by Gasteiger charge is 2.19. The molecule has 1 amide bonds. The molecule has 0 heterocycles. The van der Waals surface area contributed by atoms with Crippen LogP contribution in [0, 0.1) is 5.82 Å². The van der Waals surface area contributed by atoms with Gasteiger partial charge in [0.2, 0.25) is 0 Å². The van der Waals surface area contributed by atoms with Gasteiger partial charge in [-0.3, -0.25) is 4.79 Å². The van der Waals surface area contributed by atoms with Gasteiger partial charge in [0.1, 0.15) is 5.82 Å². The molecule has 0 aliphatic carbocycles. The Morgan fingerprint density at radius 3 is 2.50 bits per heavy atom. The third-order valence-corrected chi connectivity index (χ3v) is 4.19. The molecule has 138 valence electrons. The first-order chi connectivity index (χ1) is 12.1. The zero-order valence-corrected chi connectivity index (χ0v) is 15.0. The first kappa shape index (κ1) is 19.6. The van der Waals surface area contributed by atoms with Crippen molar-refractivity contribution >= 4 is 27.4 Å². The number of hydrogen-bond acceptors (Lipinski definition) is 5. The summed E-state index contributed by atoms with van der Waals surface area (Å²) in [6.07, 6.45) is -0.0269. The minimum absolute atomic E-state index is 0.136. The number of ether oxygens (including phenoxy) is 1. The number of hydrogen-bond donors (Lipinski definition) is 1. The summed E-state index contributed by atoms with van der Waals surface area (Å²) in [5.74, 6) is -2.09. The molecule has 2 aromatic rings. The summed E-state index contributed by atoms with van der Waals surface area (Å²) in [7, 11) is -3.24. The lowest BCUT2D eigenvalue weighted by molar-refractivity contribution is -0.123. The highest BCUT2D eigenvalue weighted by atomic mass is 32.2. The molecule has 8 heteroatoms. The second kappa shape index (κ2) is 8.09. The minimum Gasteiger partial charge on any atom is -0.449 e. The van der Waals surface area contributed by atoms with Crippen LogP contribution >= 0.6 is 0 Å². The van der Waals surface area contributed by atoms with Crippen LogP contribution in [-0.2, 0) is 25.1 Å². The zero-order valence-electron chi connectivity index (χ0n) is 14.2. The largest absolute Gasteiger partial charge is 0.449 e. The Labute approximate surface area is 150 Å². The lowest BCUT2D eigenvalue weighted by Crippen LogP contribution is -2.30. The maximum absolute atomic E-state index is 13.1. The predicted octanol–water partition coefficient (Wildman–Crippen LogP) is 2.55. The Balaban J connectivity index is 2.02. The first-order valence-corrected chi connectivity index (χ1v) is 9.74. The number of rotatable bonds is 6. The Morgan fingerprint density at radius 1 is 1.15 bits per heavy atom.